The van der Waals surface area contributed by atoms with E-state index in [0.29, 0.717) is 12.2 Å². The summed E-state index contributed by atoms with van der Waals surface area (Å²) in [5.74, 6) is -2.64. The van der Waals surface area contributed by atoms with Gasteiger partial charge in [0.15, 0.2) is 0 Å². The summed E-state index contributed by atoms with van der Waals surface area (Å²) in [4.78, 5) is 23.4. The van der Waals surface area contributed by atoms with Crippen molar-refractivity contribution in [3.63, 3.8) is 0 Å². The molecule has 3 rings (SSSR count). The van der Waals surface area contributed by atoms with Crippen molar-refractivity contribution in [1.82, 2.24) is 9.80 Å². The first-order chi connectivity index (χ1) is 13.8. The third kappa shape index (κ3) is 7.30. The number of carboxylic acid groups (broad SMARTS) is 2. The summed E-state index contributed by atoms with van der Waals surface area (Å²) < 4.78 is 11.3. The third-order valence-electron chi connectivity index (χ3n) is 5.29. The number of aliphatic carboxylic acids is 2. The number of carbonyl (C=O) groups is 2. The lowest BCUT2D eigenvalue weighted by atomic mass is 10.0. The van der Waals surface area contributed by atoms with Crippen LogP contribution in [0.1, 0.15) is 32.3 Å². The maximum absolute atomic E-state index is 9.10. The Hall–Kier alpha value is -2.16. The normalized spacial score (nSPS) is 23.7. The molecule has 2 saturated heterocycles. The zero-order chi connectivity index (χ0) is 21.4. The van der Waals surface area contributed by atoms with Crippen LogP contribution in [0, 0.1) is 0 Å². The summed E-state index contributed by atoms with van der Waals surface area (Å²) in [6.07, 6.45) is 3.25. The molecule has 2 N–H and O–H groups in total. The second-order valence-electron chi connectivity index (χ2n) is 7.64. The highest BCUT2D eigenvalue weighted by Crippen LogP contribution is 2.24. The summed E-state index contributed by atoms with van der Waals surface area (Å²) in [5, 5.41) is 14.8. The number of benzene rings is 1. The van der Waals surface area contributed by atoms with Crippen molar-refractivity contribution in [3.05, 3.63) is 29.8 Å². The van der Waals surface area contributed by atoms with Gasteiger partial charge in [0.25, 0.3) is 0 Å². The highest BCUT2D eigenvalue weighted by atomic mass is 16.5. The minimum Gasteiger partial charge on any atom is -0.496 e. The summed E-state index contributed by atoms with van der Waals surface area (Å²) >= 11 is 0. The Morgan fingerprint density at radius 2 is 1.62 bits per heavy atom. The maximum Gasteiger partial charge on any atom is 0.414 e. The van der Waals surface area contributed by atoms with Crippen molar-refractivity contribution < 1.29 is 29.3 Å². The van der Waals surface area contributed by atoms with Gasteiger partial charge < -0.3 is 19.7 Å². The molecule has 2 atom stereocenters. The number of likely N-dealkylation sites (tertiary alicyclic amines) is 1. The number of piperidine rings is 1. The maximum atomic E-state index is 9.10. The summed E-state index contributed by atoms with van der Waals surface area (Å²) in [7, 11) is 1.76. The van der Waals surface area contributed by atoms with E-state index >= 15 is 0 Å². The van der Waals surface area contributed by atoms with Crippen LogP contribution in [0.5, 0.6) is 5.75 Å². The Morgan fingerprint density at radius 3 is 2.14 bits per heavy atom. The molecule has 2 heterocycles. The first kappa shape index (κ1) is 23.1. The van der Waals surface area contributed by atoms with Crippen LogP contribution in [0.4, 0.5) is 0 Å². The number of para-hydroxylation sites is 1. The van der Waals surface area contributed by atoms with Crippen molar-refractivity contribution >= 4 is 11.9 Å². The standard InChI is InChI=1S/C19H30N2O2.C2H2O4/c1-15-12-21(13-16(2)23-15)18-8-10-20(11-9-18)14-17-6-4-5-7-19(17)22-3;3-1(4)2(5)6/h4-7,15-16,18H,8-14H2,1-3H3;(H,3,4)(H,5,6). The van der Waals surface area contributed by atoms with Crippen LogP contribution >= 0.6 is 0 Å². The molecule has 2 fully saturated rings. The molecule has 0 amide bonds. The van der Waals surface area contributed by atoms with E-state index in [0.717, 1.165) is 31.4 Å². The molecular weight excluding hydrogens is 376 g/mol. The second kappa shape index (κ2) is 11.1. The summed E-state index contributed by atoms with van der Waals surface area (Å²) in [6, 6.07) is 9.09. The summed E-state index contributed by atoms with van der Waals surface area (Å²) in [6.45, 7) is 9.89. The van der Waals surface area contributed by atoms with Gasteiger partial charge in [0.1, 0.15) is 5.75 Å². The van der Waals surface area contributed by atoms with Gasteiger partial charge in [-0.2, -0.15) is 0 Å². The SMILES string of the molecule is COc1ccccc1CN1CCC(N2CC(C)OC(C)C2)CC1.O=C(O)C(=O)O. The smallest absolute Gasteiger partial charge is 0.414 e. The quantitative estimate of drug-likeness (QED) is 0.729. The third-order valence-corrected chi connectivity index (χ3v) is 5.29. The molecule has 0 aromatic heterocycles. The van der Waals surface area contributed by atoms with E-state index in [1.807, 2.05) is 6.07 Å². The second-order valence-corrected chi connectivity index (χ2v) is 7.64. The first-order valence-electron chi connectivity index (χ1n) is 10.00. The predicted octanol–water partition coefficient (Wildman–Crippen LogP) is 1.92. The number of ether oxygens (including phenoxy) is 2. The molecule has 0 spiro atoms. The van der Waals surface area contributed by atoms with Gasteiger partial charge in [0, 0.05) is 31.2 Å². The number of hydrogen-bond acceptors (Lipinski definition) is 6. The lowest BCUT2D eigenvalue weighted by Gasteiger charge is -2.43. The van der Waals surface area contributed by atoms with Crippen molar-refractivity contribution in [1.29, 1.82) is 0 Å². The molecule has 0 bridgehead atoms. The van der Waals surface area contributed by atoms with Crippen LogP contribution < -0.4 is 4.74 Å². The Labute approximate surface area is 172 Å². The zero-order valence-corrected chi connectivity index (χ0v) is 17.4. The van der Waals surface area contributed by atoms with E-state index < -0.39 is 11.9 Å². The molecule has 1 aromatic carbocycles. The van der Waals surface area contributed by atoms with Gasteiger partial charge in [0.2, 0.25) is 0 Å². The average molecular weight is 408 g/mol. The van der Waals surface area contributed by atoms with Gasteiger partial charge in [-0.3, -0.25) is 9.80 Å². The van der Waals surface area contributed by atoms with Gasteiger partial charge in [-0.15, -0.1) is 0 Å². The Bertz CT molecular complexity index is 653. The molecule has 29 heavy (non-hydrogen) atoms. The average Bonchev–Trinajstić information content (AvgIpc) is 2.68. The van der Waals surface area contributed by atoms with Crippen LogP contribution in [0.25, 0.3) is 0 Å². The minimum absolute atomic E-state index is 0.366. The van der Waals surface area contributed by atoms with Crippen LogP contribution in [0.2, 0.25) is 0 Å². The molecule has 2 unspecified atom stereocenters. The lowest BCUT2D eigenvalue weighted by molar-refractivity contribution is -0.159. The van der Waals surface area contributed by atoms with E-state index in [2.05, 4.69) is 41.8 Å². The molecule has 0 radical (unpaired) electrons. The van der Waals surface area contributed by atoms with Crippen molar-refractivity contribution in [2.24, 2.45) is 0 Å². The molecule has 0 saturated carbocycles. The van der Waals surface area contributed by atoms with Crippen LogP contribution in [-0.4, -0.2) is 83.5 Å². The van der Waals surface area contributed by atoms with Gasteiger partial charge >= 0.3 is 11.9 Å². The molecule has 2 aliphatic rings. The van der Waals surface area contributed by atoms with E-state index in [9.17, 15) is 0 Å². The number of nitrogens with zero attached hydrogens (tertiary/aromatic N) is 2. The molecule has 162 valence electrons. The number of hydrogen-bond donors (Lipinski definition) is 2. The van der Waals surface area contributed by atoms with E-state index in [1.54, 1.807) is 7.11 Å². The molecule has 0 aliphatic carbocycles. The molecule has 8 heteroatoms. The highest BCUT2D eigenvalue weighted by molar-refractivity contribution is 6.27. The fraction of sp³-hybridized carbons (Fsp3) is 0.619. The zero-order valence-electron chi connectivity index (χ0n) is 17.4. The monoisotopic (exact) mass is 408 g/mol. The van der Waals surface area contributed by atoms with Crippen LogP contribution in [0.3, 0.4) is 0 Å². The molecule has 2 aliphatic heterocycles. The van der Waals surface area contributed by atoms with Crippen molar-refractivity contribution in [2.75, 3.05) is 33.3 Å². The van der Waals surface area contributed by atoms with Crippen LogP contribution in [-0.2, 0) is 20.9 Å². The number of rotatable bonds is 4. The lowest BCUT2D eigenvalue weighted by Crippen LogP contribution is -2.53. The number of carboxylic acids is 2. The fourth-order valence-corrected chi connectivity index (χ4v) is 4.03. The van der Waals surface area contributed by atoms with Gasteiger partial charge in [0.05, 0.1) is 19.3 Å². The predicted molar refractivity (Wildman–Crippen MR) is 108 cm³/mol. The molecular formula is C21H32N2O6. The summed E-state index contributed by atoms with van der Waals surface area (Å²) in [5.41, 5.74) is 1.29. The largest absolute Gasteiger partial charge is 0.496 e. The Morgan fingerprint density at radius 1 is 1.07 bits per heavy atom. The molecule has 8 nitrogen and oxygen atoms in total. The van der Waals surface area contributed by atoms with Crippen LogP contribution in [0.15, 0.2) is 24.3 Å². The number of methoxy groups -OCH3 is 1. The highest BCUT2D eigenvalue weighted by Gasteiger charge is 2.30. The topological polar surface area (TPSA) is 99.5 Å². The molecule has 1 aromatic rings. The van der Waals surface area contributed by atoms with Crippen molar-refractivity contribution in [3.8, 4) is 5.75 Å². The number of morpholine rings is 1. The minimum atomic E-state index is -1.82. The van der Waals surface area contributed by atoms with E-state index in [4.69, 9.17) is 29.3 Å². The van der Waals surface area contributed by atoms with Gasteiger partial charge in [-0.1, -0.05) is 18.2 Å². The van der Waals surface area contributed by atoms with E-state index in [-0.39, 0.29) is 0 Å². The Kier molecular flexibility index (Phi) is 8.88. The first-order valence-corrected chi connectivity index (χ1v) is 10.00. The van der Waals surface area contributed by atoms with E-state index in [1.165, 1.54) is 31.5 Å². The van der Waals surface area contributed by atoms with Gasteiger partial charge in [-0.05, 0) is 45.8 Å². The van der Waals surface area contributed by atoms with Crippen molar-refractivity contribution in [2.45, 2.75) is 51.5 Å². The fourth-order valence-electron chi connectivity index (χ4n) is 4.03. The van der Waals surface area contributed by atoms with Gasteiger partial charge in [-0.25, -0.2) is 9.59 Å². The Balaban J connectivity index is 0.000000438.